The van der Waals surface area contributed by atoms with Gasteiger partial charge in [0.15, 0.2) is 11.5 Å². The number of carbonyl (C=O) groups is 2. The molecule has 0 spiro atoms. The topological polar surface area (TPSA) is 67.9 Å². The molecule has 3 aromatic rings. The maximum Gasteiger partial charge on any atom is 0.242 e. The molecule has 35 heavy (non-hydrogen) atoms. The highest BCUT2D eigenvalue weighted by Crippen LogP contribution is 2.33. The number of ether oxygens (including phenoxy) is 2. The van der Waals surface area contributed by atoms with Crippen LogP contribution in [0.25, 0.3) is 0 Å². The first kappa shape index (κ1) is 24.9. The van der Waals surface area contributed by atoms with E-state index >= 15 is 0 Å². The van der Waals surface area contributed by atoms with Crippen molar-refractivity contribution in [3.05, 3.63) is 93.5 Å². The standard InChI is InChI=1S/C27H26Cl2N2O4/c1-30-27(33)23(14-18-6-3-2-4-7-18)31(16-20-21(28)8-5-9-22(20)29)26(32)13-11-19-10-12-24-25(15-19)35-17-34-24/h2-10,12,15,23H,11,13-14,16-17H2,1H3,(H,30,33). The zero-order valence-electron chi connectivity index (χ0n) is 19.3. The summed E-state index contributed by atoms with van der Waals surface area (Å²) in [6, 6.07) is 19.7. The van der Waals surface area contributed by atoms with E-state index in [-0.39, 0.29) is 31.6 Å². The number of hydrogen-bond acceptors (Lipinski definition) is 4. The van der Waals surface area contributed by atoms with Crippen LogP contribution in [0, 0.1) is 0 Å². The van der Waals surface area contributed by atoms with Crippen LogP contribution in [0.15, 0.2) is 66.7 Å². The van der Waals surface area contributed by atoms with E-state index in [4.69, 9.17) is 32.7 Å². The number of fused-ring (bicyclic) bond motifs is 1. The molecule has 6 nitrogen and oxygen atoms in total. The molecule has 0 bridgehead atoms. The number of aryl methyl sites for hydroxylation is 1. The summed E-state index contributed by atoms with van der Waals surface area (Å²) in [6.45, 7) is 0.306. The van der Waals surface area contributed by atoms with E-state index in [0.29, 0.717) is 39.9 Å². The third-order valence-electron chi connectivity index (χ3n) is 5.97. The fourth-order valence-electron chi connectivity index (χ4n) is 4.07. The molecule has 0 fully saturated rings. The second-order valence-electron chi connectivity index (χ2n) is 8.23. The Morgan fingerprint density at radius 3 is 2.37 bits per heavy atom. The van der Waals surface area contributed by atoms with Crippen LogP contribution < -0.4 is 14.8 Å². The molecule has 0 aromatic heterocycles. The lowest BCUT2D eigenvalue weighted by Gasteiger charge is -2.32. The molecule has 0 radical (unpaired) electrons. The lowest BCUT2D eigenvalue weighted by Crippen LogP contribution is -2.49. The summed E-state index contributed by atoms with van der Waals surface area (Å²) in [5, 5.41) is 3.60. The van der Waals surface area contributed by atoms with Crippen LogP contribution >= 0.6 is 23.2 Å². The summed E-state index contributed by atoms with van der Waals surface area (Å²) in [5.41, 5.74) is 2.49. The maximum absolute atomic E-state index is 13.6. The Bertz CT molecular complexity index is 1180. The van der Waals surface area contributed by atoms with E-state index < -0.39 is 6.04 Å². The lowest BCUT2D eigenvalue weighted by molar-refractivity contribution is -0.141. The quantitative estimate of drug-likeness (QED) is 0.436. The van der Waals surface area contributed by atoms with Gasteiger partial charge >= 0.3 is 0 Å². The number of amides is 2. The van der Waals surface area contributed by atoms with Crippen molar-refractivity contribution in [2.24, 2.45) is 0 Å². The molecule has 182 valence electrons. The average Bonchev–Trinajstić information content (AvgIpc) is 3.34. The summed E-state index contributed by atoms with van der Waals surface area (Å²) in [6.07, 6.45) is 1.04. The van der Waals surface area contributed by atoms with Gasteiger partial charge in [0.05, 0.1) is 0 Å². The Morgan fingerprint density at radius 2 is 1.66 bits per heavy atom. The van der Waals surface area contributed by atoms with Crippen molar-refractivity contribution >= 4 is 35.0 Å². The van der Waals surface area contributed by atoms with E-state index in [1.54, 1.807) is 30.1 Å². The van der Waals surface area contributed by atoms with Crippen molar-refractivity contribution in [1.82, 2.24) is 10.2 Å². The van der Waals surface area contributed by atoms with Gasteiger partial charge < -0.3 is 19.7 Å². The molecule has 1 unspecified atom stereocenters. The Kier molecular flexibility index (Phi) is 8.16. The van der Waals surface area contributed by atoms with Crippen molar-refractivity contribution < 1.29 is 19.1 Å². The molecule has 0 saturated heterocycles. The summed E-state index contributed by atoms with van der Waals surface area (Å²) in [4.78, 5) is 28.2. The van der Waals surface area contributed by atoms with Gasteiger partial charge in [-0.3, -0.25) is 9.59 Å². The number of nitrogens with zero attached hydrogens (tertiary/aromatic N) is 1. The minimum absolute atomic E-state index is 0.114. The third kappa shape index (κ3) is 6.08. The molecule has 3 aromatic carbocycles. The van der Waals surface area contributed by atoms with Gasteiger partial charge in [0, 0.05) is 42.0 Å². The second-order valence-corrected chi connectivity index (χ2v) is 9.04. The van der Waals surface area contributed by atoms with E-state index in [1.165, 1.54) is 0 Å². The zero-order valence-corrected chi connectivity index (χ0v) is 20.8. The molecule has 1 N–H and O–H groups in total. The third-order valence-corrected chi connectivity index (χ3v) is 6.68. The van der Waals surface area contributed by atoms with E-state index in [0.717, 1.165) is 11.1 Å². The fraction of sp³-hybridized carbons (Fsp3) is 0.259. The van der Waals surface area contributed by atoms with Crippen LogP contribution in [0.4, 0.5) is 0 Å². The minimum Gasteiger partial charge on any atom is -0.454 e. The molecule has 0 aliphatic carbocycles. The summed E-state index contributed by atoms with van der Waals surface area (Å²) in [5.74, 6) is 0.927. The summed E-state index contributed by atoms with van der Waals surface area (Å²) in [7, 11) is 1.57. The highest BCUT2D eigenvalue weighted by atomic mass is 35.5. The molecule has 8 heteroatoms. The number of rotatable bonds is 9. The lowest BCUT2D eigenvalue weighted by atomic mass is 10.0. The van der Waals surface area contributed by atoms with Crippen LogP contribution in [-0.2, 0) is 29.0 Å². The predicted octanol–water partition coefficient (Wildman–Crippen LogP) is 5.04. The van der Waals surface area contributed by atoms with Gasteiger partial charge in [0.25, 0.3) is 0 Å². The highest BCUT2D eigenvalue weighted by molar-refractivity contribution is 6.36. The number of nitrogens with one attached hydrogen (secondary N) is 1. The SMILES string of the molecule is CNC(=O)C(Cc1ccccc1)N(Cc1c(Cl)cccc1Cl)C(=O)CCc1ccc2c(c1)OCO2. The molecule has 1 heterocycles. The largest absolute Gasteiger partial charge is 0.454 e. The maximum atomic E-state index is 13.6. The van der Waals surface area contributed by atoms with Crippen LogP contribution in [0.5, 0.6) is 11.5 Å². The number of benzene rings is 3. The van der Waals surface area contributed by atoms with Gasteiger partial charge in [-0.15, -0.1) is 0 Å². The van der Waals surface area contributed by atoms with Gasteiger partial charge in [-0.25, -0.2) is 0 Å². The van der Waals surface area contributed by atoms with Crippen LogP contribution in [0.2, 0.25) is 10.0 Å². The molecular weight excluding hydrogens is 487 g/mol. The first-order valence-corrected chi connectivity index (χ1v) is 12.1. The highest BCUT2D eigenvalue weighted by Gasteiger charge is 2.30. The van der Waals surface area contributed by atoms with Crippen LogP contribution in [0.3, 0.4) is 0 Å². The van der Waals surface area contributed by atoms with Crippen LogP contribution in [-0.4, -0.2) is 36.6 Å². The number of halogens is 2. The average molecular weight is 513 g/mol. The summed E-state index contributed by atoms with van der Waals surface area (Å²) < 4.78 is 10.8. The van der Waals surface area contributed by atoms with E-state index in [2.05, 4.69) is 5.32 Å². The smallest absolute Gasteiger partial charge is 0.242 e. The molecule has 1 atom stereocenters. The Hall–Kier alpha value is -3.22. The van der Waals surface area contributed by atoms with Gasteiger partial charge in [-0.05, 0) is 41.8 Å². The Morgan fingerprint density at radius 1 is 0.943 bits per heavy atom. The molecule has 0 saturated carbocycles. The van der Waals surface area contributed by atoms with Gasteiger partial charge in [-0.1, -0.05) is 65.7 Å². The predicted molar refractivity (Wildman–Crippen MR) is 136 cm³/mol. The van der Waals surface area contributed by atoms with E-state index in [9.17, 15) is 9.59 Å². The number of likely N-dealkylation sites (N-methyl/N-ethyl adjacent to an activating group) is 1. The monoisotopic (exact) mass is 512 g/mol. The van der Waals surface area contributed by atoms with Gasteiger partial charge in [-0.2, -0.15) is 0 Å². The van der Waals surface area contributed by atoms with Gasteiger partial charge in [0.1, 0.15) is 6.04 Å². The van der Waals surface area contributed by atoms with Crippen molar-refractivity contribution in [3.63, 3.8) is 0 Å². The summed E-state index contributed by atoms with van der Waals surface area (Å²) >= 11 is 12.9. The van der Waals surface area contributed by atoms with Gasteiger partial charge in [0.2, 0.25) is 18.6 Å². The van der Waals surface area contributed by atoms with Crippen molar-refractivity contribution in [3.8, 4) is 11.5 Å². The Balaban J connectivity index is 1.61. The molecule has 4 rings (SSSR count). The molecule has 1 aliphatic heterocycles. The van der Waals surface area contributed by atoms with Crippen LogP contribution in [0.1, 0.15) is 23.1 Å². The molecule has 1 aliphatic rings. The first-order chi connectivity index (χ1) is 17.0. The normalized spacial score (nSPS) is 12.8. The molecule has 2 amide bonds. The Labute approximate surface area is 214 Å². The van der Waals surface area contributed by atoms with Crippen molar-refractivity contribution in [1.29, 1.82) is 0 Å². The zero-order chi connectivity index (χ0) is 24.8. The minimum atomic E-state index is -0.737. The number of carbonyl (C=O) groups excluding carboxylic acids is 2. The van der Waals surface area contributed by atoms with Crippen molar-refractivity contribution in [2.75, 3.05) is 13.8 Å². The number of hydrogen-bond donors (Lipinski definition) is 1. The first-order valence-electron chi connectivity index (χ1n) is 11.3. The molecular formula is C27H26Cl2N2O4. The fourth-order valence-corrected chi connectivity index (χ4v) is 4.58. The van der Waals surface area contributed by atoms with Crippen molar-refractivity contribution in [2.45, 2.75) is 31.8 Å². The van der Waals surface area contributed by atoms with E-state index in [1.807, 2.05) is 48.5 Å². The second kappa shape index (κ2) is 11.5.